The Morgan fingerprint density at radius 2 is 1.81 bits per heavy atom. The Morgan fingerprint density at radius 3 is 2.50 bits per heavy atom. The fraction of sp³-hybridized carbons (Fsp3) is 0.0833. The van der Waals surface area contributed by atoms with E-state index in [4.69, 9.17) is 16.3 Å². The van der Waals surface area contributed by atoms with Crippen LogP contribution in [0.25, 0.3) is 6.08 Å². The van der Waals surface area contributed by atoms with Crippen molar-refractivity contribution in [2.24, 2.45) is 0 Å². The number of thioether (sulfide) groups is 1. The Labute approximate surface area is 211 Å². The quantitative estimate of drug-likeness (QED) is 0.187. The molecule has 0 saturated carbocycles. The van der Waals surface area contributed by atoms with Gasteiger partial charge in [-0.05, 0) is 65.4 Å². The number of amides is 2. The fourth-order valence-electron chi connectivity index (χ4n) is 3.32. The van der Waals surface area contributed by atoms with Crippen LogP contribution >= 0.6 is 23.4 Å². The van der Waals surface area contributed by atoms with E-state index in [1.807, 2.05) is 0 Å². The van der Waals surface area contributed by atoms with Gasteiger partial charge in [0, 0.05) is 11.1 Å². The van der Waals surface area contributed by atoms with E-state index in [-0.39, 0.29) is 22.9 Å². The minimum atomic E-state index is -4.75. The molecule has 0 aliphatic carbocycles. The number of nitro groups is 1. The molecule has 1 heterocycles. The van der Waals surface area contributed by atoms with Crippen molar-refractivity contribution in [3.05, 3.63) is 103 Å². The molecule has 184 valence electrons. The molecule has 0 unspecified atom stereocenters. The van der Waals surface area contributed by atoms with E-state index in [1.165, 1.54) is 24.3 Å². The van der Waals surface area contributed by atoms with E-state index in [1.54, 1.807) is 30.3 Å². The fourth-order valence-corrected chi connectivity index (χ4v) is 4.37. The van der Waals surface area contributed by atoms with Crippen LogP contribution in [0.3, 0.4) is 0 Å². The molecule has 0 spiro atoms. The number of alkyl halides is 3. The number of hydrogen-bond acceptors (Lipinski definition) is 6. The number of benzene rings is 3. The Balaban J connectivity index is 1.55. The number of halogens is 4. The van der Waals surface area contributed by atoms with Gasteiger partial charge in [-0.15, -0.1) is 0 Å². The summed E-state index contributed by atoms with van der Waals surface area (Å²) < 4.78 is 44.3. The highest BCUT2D eigenvalue weighted by atomic mass is 35.5. The van der Waals surface area contributed by atoms with E-state index < -0.39 is 33.5 Å². The van der Waals surface area contributed by atoms with Gasteiger partial charge in [0.2, 0.25) is 5.75 Å². The molecule has 1 aliphatic heterocycles. The zero-order valence-electron chi connectivity index (χ0n) is 18.0. The molecular formula is C24H14ClF3N2O5S. The molecule has 2 amide bonds. The molecule has 4 rings (SSSR count). The Kier molecular flexibility index (Phi) is 7.04. The van der Waals surface area contributed by atoms with Gasteiger partial charge < -0.3 is 4.74 Å². The summed E-state index contributed by atoms with van der Waals surface area (Å²) in [4.78, 5) is 36.8. The van der Waals surface area contributed by atoms with Crippen LogP contribution in [0, 0.1) is 10.1 Å². The summed E-state index contributed by atoms with van der Waals surface area (Å²) in [6.07, 6.45) is -3.30. The van der Waals surface area contributed by atoms with Crippen molar-refractivity contribution in [1.29, 1.82) is 0 Å². The third kappa shape index (κ3) is 5.69. The van der Waals surface area contributed by atoms with Crippen LogP contribution < -0.4 is 4.74 Å². The van der Waals surface area contributed by atoms with Crippen LogP contribution in [0.2, 0.25) is 5.02 Å². The number of nitro benzene ring substituents is 1. The van der Waals surface area contributed by atoms with E-state index in [0.717, 1.165) is 22.7 Å². The topological polar surface area (TPSA) is 89.7 Å². The van der Waals surface area contributed by atoms with Crippen molar-refractivity contribution in [1.82, 2.24) is 4.90 Å². The van der Waals surface area contributed by atoms with E-state index >= 15 is 0 Å². The first-order valence-corrected chi connectivity index (χ1v) is 11.3. The highest BCUT2D eigenvalue weighted by Gasteiger charge is 2.35. The number of imide groups is 1. The van der Waals surface area contributed by atoms with Crippen LogP contribution in [0.1, 0.15) is 16.7 Å². The number of ether oxygens (including phenoxy) is 1. The van der Waals surface area contributed by atoms with Gasteiger partial charge in [0.25, 0.3) is 11.1 Å². The average molecular weight is 535 g/mol. The zero-order valence-corrected chi connectivity index (χ0v) is 19.6. The van der Waals surface area contributed by atoms with Gasteiger partial charge in [-0.2, -0.15) is 13.2 Å². The van der Waals surface area contributed by atoms with E-state index in [9.17, 15) is 32.9 Å². The third-order valence-corrected chi connectivity index (χ3v) is 6.11. The third-order valence-electron chi connectivity index (χ3n) is 4.97. The summed E-state index contributed by atoms with van der Waals surface area (Å²) in [5.74, 6) is -0.800. The number of nitrogens with zero attached hydrogens (tertiary/aromatic N) is 2. The van der Waals surface area contributed by atoms with Crippen LogP contribution in [-0.2, 0) is 17.5 Å². The summed E-state index contributed by atoms with van der Waals surface area (Å²) in [5, 5.41) is 11.3. The normalized spacial score (nSPS) is 15.0. The first-order valence-electron chi connectivity index (χ1n) is 10.1. The van der Waals surface area contributed by atoms with Gasteiger partial charge >= 0.3 is 11.9 Å². The van der Waals surface area contributed by atoms with Crippen molar-refractivity contribution in [3.8, 4) is 11.5 Å². The first-order chi connectivity index (χ1) is 17.0. The lowest BCUT2D eigenvalue weighted by Crippen LogP contribution is -2.27. The van der Waals surface area contributed by atoms with Gasteiger partial charge in [0.05, 0.1) is 21.9 Å². The molecule has 0 aromatic heterocycles. The second-order valence-electron chi connectivity index (χ2n) is 7.51. The molecule has 1 aliphatic rings. The smallest absolute Gasteiger partial charge is 0.416 e. The maximum atomic E-state index is 12.9. The van der Waals surface area contributed by atoms with Crippen molar-refractivity contribution in [3.63, 3.8) is 0 Å². The number of carbonyl (C=O) groups is 2. The monoisotopic (exact) mass is 534 g/mol. The number of rotatable bonds is 6. The highest BCUT2D eigenvalue weighted by Crippen LogP contribution is 2.38. The minimum Gasteiger partial charge on any atom is -0.450 e. The molecule has 36 heavy (non-hydrogen) atoms. The molecule has 0 atom stereocenters. The molecular weight excluding hydrogens is 521 g/mol. The second-order valence-corrected chi connectivity index (χ2v) is 8.94. The van der Waals surface area contributed by atoms with Crippen molar-refractivity contribution < 1.29 is 32.4 Å². The summed E-state index contributed by atoms with van der Waals surface area (Å²) in [6, 6.07) is 14.7. The predicted octanol–water partition coefficient (Wildman–Crippen LogP) is 7.30. The lowest BCUT2D eigenvalue weighted by atomic mass is 10.1. The Morgan fingerprint density at radius 1 is 1.06 bits per heavy atom. The maximum Gasteiger partial charge on any atom is 0.416 e. The van der Waals surface area contributed by atoms with Gasteiger partial charge in [-0.25, -0.2) is 0 Å². The molecule has 0 N–H and O–H groups in total. The van der Waals surface area contributed by atoms with Crippen LogP contribution in [-0.4, -0.2) is 21.0 Å². The van der Waals surface area contributed by atoms with E-state index in [2.05, 4.69) is 0 Å². The van der Waals surface area contributed by atoms with Crippen LogP contribution in [0.4, 0.5) is 23.7 Å². The van der Waals surface area contributed by atoms with Crippen molar-refractivity contribution in [2.45, 2.75) is 12.7 Å². The molecule has 7 nitrogen and oxygen atoms in total. The highest BCUT2D eigenvalue weighted by molar-refractivity contribution is 8.18. The summed E-state index contributed by atoms with van der Waals surface area (Å²) in [5.41, 5.74) is -0.906. The molecule has 1 fully saturated rings. The molecule has 0 bridgehead atoms. The standard InChI is InChI=1S/C24H14ClF3N2O5S/c25-17-5-1-4-15(9-17)13-29-22(31)21(36-23(29)32)11-14-3-2-6-18(10-14)35-20-8-7-16(24(26,27)28)12-19(20)30(33)34/h1-12H,13H2/b21-11-. The largest absolute Gasteiger partial charge is 0.450 e. The minimum absolute atomic E-state index is 0.0449. The van der Waals surface area contributed by atoms with Crippen LogP contribution in [0.15, 0.2) is 71.6 Å². The van der Waals surface area contributed by atoms with Gasteiger partial charge in [-0.3, -0.25) is 24.6 Å². The second kappa shape index (κ2) is 10.0. The SMILES string of the molecule is O=C1S/C(=C\c2cccc(Oc3ccc(C(F)(F)F)cc3[N+](=O)[O-])c2)C(=O)N1Cc1cccc(Cl)c1. The summed E-state index contributed by atoms with van der Waals surface area (Å²) in [7, 11) is 0. The molecule has 1 saturated heterocycles. The first kappa shape index (κ1) is 25.3. The predicted molar refractivity (Wildman–Crippen MR) is 128 cm³/mol. The summed E-state index contributed by atoms with van der Waals surface area (Å²) in [6.45, 7) is 0.0449. The Bertz CT molecular complexity index is 1410. The van der Waals surface area contributed by atoms with Crippen molar-refractivity contribution in [2.75, 3.05) is 0 Å². The van der Waals surface area contributed by atoms with Crippen LogP contribution in [0.5, 0.6) is 11.5 Å². The number of carbonyl (C=O) groups excluding carboxylic acids is 2. The lowest BCUT2D eigenvalue weighted by Gasteiger charge is -2.12. The molecule has 3 aromatic rings. The van der Waals surface area contributed by atoms with Crippen molar-refractivity contribution >= 4 is 46.3 Å². The number of hydrogen-bond donors (Lipinski definition) is 0. The maximum absolute atomic E-state index is 12.9. The zero-order chi connectivity index (χ0) is 26.0. The molecule has 0 radical (unpaired) electrons. The van der Waals surface area contributed by atoms with E-state index in [0.29, 0.717) is 28.3 Å². The average Bonchev–Trinajstić information content (AvgIpc) is 3.06. The Hall–Kier alpha value is -3.83. The van der Waals surface area contributed by atoms with Gasteiger partial charge in [0.1, 0.15) is 5.75 Å². The lowest BCUT2D eigenvalue weighted by molar-refractivity contribution is -0.385. The van der Waals surface area contributed by atoms with Gasteiger partial charge in [-0.1, -0.05) is 35.9 Å². The molecule has 12 heteroatoms. The summed E-state index contributed by atoms with van der Waals surface area (Å²) >= 11 is 6.71. The van der Waals surface area contributed by atoms with Gasteiger partial charge in [0.15, 0.2) is 0 Å². The molecule has 3 aromatic carbocycles.